The zero-order valence-electron chi connectivity index (χ0n) is 16.8. The van der Waals surface area contributed by atoms with Gasteiger partial charge < -0.3 is 19.2 Å². The zero-order valence-corrected chi connectivity index (χ0v) is 16.8. The van der Waals surface area contributed by atoms with Crippen LogP contribution in [0.5, 0.6) is 11.5 Å². The molecule has 4 rings (SSSR count). The van der Waals surface area contributed by atoms with E-state index < -0.39 is 24.1 Å². The highest BCUT2D eigenvalue weighted by molar-refractivity contribution is 6.00. The van der Waals surface area contributed by atoms with Crippen molar-refractivity contribution < 1.29 is 23.8 Å². The summed E-state index contributed by atoms with van der Waals surface area (Å²) >= 11 is 0. The monoisotopic (exact) mass is 407 g/mol. The summed E-state index contributed by atoms with van der Waals surface area (Å²) < 4.78 is 15.9. The summed E-state index contributed by atoms with van der Waals surface area (Å²) in [5.74, 6) is 1.03. The van der Waals surface area contributed by atoms with Crippen LogP contribution in [0.3, 0.4) is 0 Å². The minimum absolute atomic E-state index is 0.257. The number of ether oxygens (including phenoxy) is 3. The first-order chi connectivity index (χ1) is 14.5. The number of H-pyrrole nitrogens is 1. The van der Waals surface area contributed by atoms with Crippen LogP contribution < -0.4 is 9.47 Å². The highest BCUT2D eigenvalue weighted by Gasteiger charge is 2.45. The second kappa shape index (κ2) is 7.90. The second-order valence-electron chi connectivity index (χ2n) is 6.84. The molecule has 2 heterocycles. The lowest BCUT2D eigenvalue weighted by Crippen LogP contribution is -2.32. The number of aromatic nitrogens is 2. The van der Waals surface area contributed by atoms with Crippen molar-refractivity contribution in [1.29, 1.82) is 0 Å². The number of aromatic amines is 1. The van der Waals surface area contributed by atoms with Crippen molar-refractivity contribution >= 4 is 12.0 Å². The molecule has 1 aromatic heterocycles. The van der Waals surface area contributed by atoms with Crippen molar-refractivity contribution in [2.45, 2.75) is 19.1 Å². The fourth-order valence-corrected chi connectivity index (χ4v) is 3.41. The Labute approximate surface area is 173 Å². The van der Waals surface area contributed by atoms with E-state index in [1.165, 1.54) is 0 Å². The Morgan fingerprint density at radius 2 is 1.73 bits per heavy atom. The highest BCUT2D eigenvalue weighted by Crippen LogP contribution is 2.34. The third kappa shape index (κ3) is 3.47. The molecular weight excluding hydrogens is 386 g/mol. The number of benzene rings is 2. The number of amides is 2. The predicted octanol–water partition coefficient (Wildman–Crippen LogP) is 3.88. The molecule has 1 fully saturated rings. The molecule has 1 aliphatic rings. The molecule has 0 aliphatic carbocycles. The van der Waals surface area contributed by atoms with Crippen molar-refractivity contribution in [1.82, 2.24) is 14.9 Å². The Morgan fingerprint density at radius 1 is 1.07 bits per heavy atom. The van der Waals surface area contributed by atoms with Gasteiger partial charge in [0.15, 0.2) is 5.82 Å². The number of cyclic esters (lactones) is 1. The maximum absolute atomic E-state index is 13.0. The highest BCUT2D eigenvalue weighted by atomic mass is 16.6. The summed E-state index contributed by atoms with van der Waals surface area (Å²) in [6, 6.07) is 14.2. The number of carbonyl (C=O) groups excluding carboxylic acids is 2. The molecule has 30 heavy (non-hydrogen) atoms. The molecule has 0 spiro atoms. The summed E-state index contributed by atoms with van der Waals surface area (Å²) in [4.78, 5) is 33.9. The third-order valence-corrected chi connectivity index (χ3v) is 5.05. The maximum atomic E-state index is 13.0. The van der Waals surface area contributed by atoms with Crippen LogP contribution in [0.15, 0.2) is 54.7 Å². The summed E-state index contributed by atoms with van der Waals surface area (Å²) in [5.41, 5.74) is 2.24. The van der Waals surface area contributed by atoms with Crippen LogP contribution in [0.2, 0.25) is 0 Å². The molecule has 0 bridgehead atoms. The average molecular weight is 407 g/mol. The first-order valence-electron chi connectivity index (χ1n) is 9.38. The molecule has 3 aromatic rings. The molecule has 2 atom stereocenters. The Hall–Kier alpha value is -3.81. The van der Waals surface area contributed by atoms with E-state index >= 15 is 0 Å². The summed E-state index contributed by atoms with van der Waals surface area (Å²) in [7, 11) is 3.13. The van der Waals surface area contributed by atoms with Gasteiger partial charge in [-0.2, -0.15) is 0 Å². The van der Waals surface area contributed by atoms with Gasteiger partial charge in [-0.15, -0.1) is 0 Å². The Bertz CT molecular complexity index is 1060. The zero-order chi connectivity index (χ0) is 21.3. The number of hydrogen-bond acceptors (Lipinski definition) is 6. The summed E-state index contributed by atoms with van der Waals surface area (Å²) in [5, 5.41) is 0. The number of imide groups is 1. The van der Waals surface area contributed by atoms with Crippen LogP contribution in [0, 0.1) is 0 Å². The summed E-state index contributed by atoms with van der Waals surface area (Å²) in [6.45, 7) is 1.78. The largest absolute Gasteiger partial charge is 0.497 e. The van der Waals surface area contributed by atoms with Crippen molar-refractivity contribution in [2.24, 2.45) is 0 Å². The lowest BCUT2D eigenvalue weighted by molar-refractivity contribution is -0.131. The van der Waals surface area contributed by atoms with E-state index in [-0.39, 0.29) is 5.82 Å². The average Bonchev–Trinajstić information content (AvgIpc) is 3.38. The quantitative estimate of drug-likeness (QED) is 0.667. The van der Waals surface area contributed by atoms with Crippen LogP contribution in [-0.4, -0.2) is 41.1 Å². The van der Waals surface area contributed by atoms with Gasteiger partial charge in [0.1, 0.15) is 11.5 Å². The maximum Gasteiger partial charge on any atom is 0.418 e. The minimum atomic E-state index is -1.12. The number of nitrogens with one attached hydrogen (secondary N) is 1. The van der Waals surface area contributed by atoms with Crippen LogP contribution in [0.4, 0.5) is 4.79 Å². The molecular formula is C22H21N3O5. The number of nitrogens with zero attached hydrogens (tertiary/aromatic N) is 2. The number of hydrogen-bond donors (Lipinski definition) is 1. The van der Waals surface area contributed by atoms with Crippen molar-refractivity contribution in [3.8, 4) is 22.8 Å². The Morgan fingerprint density at radius 3 is 2.37 bits per heavy atom. The number of imidazole rings is 1. The van der Waals surface area contributed by atoms with E-state index in [9.17, 15) is 9.59 Å². The molecule has 8 heteroatoms. The van der Waals surface area contributed by atoms with Crippen molar-refractivity contribution in [3.63, 3.8) is 0 Å². The number of rotatable bonds is 6. The van der Waals surface area contributed by atoms with E-state index in [2.05, 4.69) is 9.97 Å². The van der Waals surface area contributed by atoms with Crippen LogP contribution >= 0.6 is 0 Å². The van der Waals surface area contributed by atoms with Crippen LogP contribution in [-0.2, 0) is 9.53 Å². The van der Waals surface area contributed by atoms with E-state index in [1.807, 2.05) is 42.5 Å². The fraction of sp³-hybridized carbons (Fsp3) is 0.227. The van der Waals surface area contributed by atoms with Crippen LogP contribution in [0.25, 0.3) is 11.3 Å². The molecule has 0 radical (unpaired) electrons. The van der Waals surface area contributed by atoms with E-state index in [0.29, 0.717) is 17.2 Å². The van der Waals surface area contributed by atoms with E-state index in [0.717, 1.165) is 16.0 Å². The minimum Gasteiger partial charge on any atom is -0.497 e. The fourth-order valence-electron chi connectivity index (χ4n) is 3.41. The van der Waals surface area contributed by atoms with E-state index in [1.54, 1.807) is 33.4 Å². The molecule has 1 saturated heterocycles. The van der Waals surface area contributed by atoms with Crippen LogP contribution in [0.1, 0.15) is 30.5 Å². The first-order valence-corrected chi connectivity index (χ1v) is 9.38. The smallest absolute Gasteiger partial charge is 0.418 e. The Balaban J connectivity index is 1.60. The summed E-state index contributed by atoms with van der Waals surface area (Å²) in [6.07, 6.45) is -0.235. The molecule has 8 nitrogen and oxygen atoms in total. The molecule has 2 unspecified atom stereocenters. The SMILES string of the molecule is COc1cc(OC)cc(-c2cnc(C3OC(=O)N(C(C)c4ccccc4)C3=O)[nH]2)c1. The van der Waals surface area contributed by atoms with Gasteiger partial charge >= 0.3 is 6.09 Å². The van der Waals surface area contributed by atoms with Gasteiger partial charge in [0.25, 0.3) is 5.91 Å². The van der Waals surface area contributed by atoms with E-state index in [4.69, 9.17) is 14.2 Å². The van der Waals surface area contributed by atoms with Gasteiger partial charge in [-0.05, 0) is 24.6 Å². The van der Waals surface area contributed by atoms with Gasteiger partial charge in [0.05, 0.1) is 32.2 Å². The molecule has 1 aliphatic heterocycles. The first kappa shape index (κ1) is 19.5. The molecule has 2 amide bonds. The number of carbonyl (C=O) groups is 2. The van der Waals surface area contributed by atoms with Gasteiger partial charge in [-0.3, -0.25) is 4.79 Å². The lowest BCUT2D eigenvalue weighted by atomic mass is 10.1. The second-order valence-corrected chi connectivity index (χ2v) is 6.84. The molecule has 2 aromatic carbocycles. The normalized spacial score (nSPS) is 17.0. The topological polar surface area (TPSA) is 93.8 Å². The van der Waals surface area contributed by atoms with Crippen molar-refractivity contribution in [3.05, 3.63) is 66.1 Å². The van der Waals surface area contributed by atoms with Gasteiger partial charge in [-0.25, -0.2) is 14.7 Å². The predicted molar refractivity (Wildman–Crippen MR) is 108 cm³/mol. The molecule has 154 valence electrons. The van der Waals surface area contributed by atoms with Crippen molar-refractivity contribution in [2.75, 3.05) is 14.2 Å². The molecule has 0 saturated carbocycles. The standard InChI is InChI=1S/C22H21N3O5/c1-13(14-7-5-4-6-8-14)25-21(26)19(30-22(25)27)20-23-12-18(24-20)15-9-16(28-2)11-17(10-15)29-3/h4-13,19H,1-3H3,(H,23,24). The molecule has 1 N–H and O–H groups in total. The lowest BCUT2D eigenvalue weighted by Gasteiger charge is -2.20. The third-order valence-electron chi connectivity index (χ3n) is 5.05. The Kier molecular flexibility index (Phi) is 5.14. The number of methoxy groups -OCH3 is 2. The van der Waals surface area contributed by atoms with Gasteiger partial charge in [-0.1, -0.05) is 30.3 Å². The van der Waals surface area contributed by atoms with Gasteiger partial charge in [0, 0.05) is 11.6 Å². The van der Waals surface area contributed by atoms with Gasteiger partial charge in [0.2, 0.25) is 6.10 Å².